The molecule has 0 aliphatic carbocycles. The van der Waals surface area contributed by atoms with Crippen LogP contribution < -0.4 is 15.4 Å². The number of anilines is 2. The van der Waals surface area contributed by atoms with E-state index in [0.29, 0.717) is 5.02 Å². The Labute approximate surface area is 203 Å². The van der Waals surface area contributed by atoms with E-state index in [2.05, 4.69) is 25.8 Å². The Morgan fingerprint density at radius 3 is 2.50 bits per heavy atom. The Balaban J connectivity index is 1.82. The van der Waals surface area contributed by atoms with E-state index in [1.165, 1.54) is 31.5 Å². The van der Waals surface area contributed by atoms with Crippen LogP contribution in [0.25, 0.3) is 0 Å². The summed E-state index contributed by atoms with van der Waals surface area (Å²) in [5, 5.41) is 9.96. The van der Waals surface area contributed by atoms with Gasteiger partial charge in [0.05, 0.1) is 23.7 Å². The Bertz CT molecular complexity index is 1210. The molecule has 0 spiro atoms. The fraction of sp³-hybridized carbons (Fsp3) is 0.182. The zero-order valence-electron chi connectivity index (χ0n) is 18.0. The van der Waals surface area contributed by atoms with Crippen molar-refractivity contribution in [1.29, 1.82) is 0 Å². The molecule has 2 N–H and O–H groups in total. The summed E-state index contributed by atoms with van der Waals surface area (Å²) in [4.78, 5) is 26.4. The van der Waals surface area contributed by atoms with Crippen molar-refractivity contribution in [1.82, 2.24) is 15.3 Å². The zero-order valence-corrected chi connectivity index (χ0v) is 19.5. The highest BCUT2D eigenvalue weighted by Crippen LogP contribution is 2.23. The molecular formula is C22H19Cl2F2N5O3. The number of benzene rings is 1. The Hall–Kier alpha value is -3.50. The standard InChI is InChI=1S/C22H19Cl2F2N5O3/c1-3-34-31-17(20-16(24)6-12(23)10-27-20)11-28-22(32)21-18(33-2)4-5-19(30-21)29-15-8-13(25)7-14(26)9-15/h4-10H,3,11H2,1-2H3,(H,28,32)(H,29,30)/b31-17-. The largest absolute Gasteiger partial charge is 0.494 e. The van der Waals surface area contributed by atoms with Crippen LogP contribution in [0, 0.1) is 11.6 Å². The second-order valence-electron chi connectivity index (χ2n) is 6.65. The first kappa shape index (κ1) is 25.1. The lowest BCUT2D eigenvalue weighted by molar-refractivity contribution is 0.0950. The molecule has 0 saturated heterocycles. The first-order valence-corrected chi connectivity index (χ1v) is 10.6. The molecule has 0 aliphatic rings. The lowest BCUT2D eigenvalue weighted by Gasteiger charge is -2.13. The summed E-state index contributed by atoms with van der Waals surface area (Å²) in [5.41, 5.74) is 0.579. The maximum Gasteiger partial charge on any atom is 0.274 e. The van der Waals surface area contributed by atoms with E-state index in [1.807, 2.05) is 0 Å². The molecule has 0 saturated carbocycles. The van der Waals surface area contributed by atoms with Gasteiger partial charge in [-0.25, -0.2) is 13.8 Å². The number of rotatable bonds is 9. The smallest absolute Gasteiger partial charge is 0.274 e. The van der Waals surface area contributed by atoms with Gasteiger partial charge in [-0.15, -0.1) is 0 Å². The minimum atomic E-state index is -0.760. The van der Waals surface area contributed by atoms with Gasteiger partial charge in [0, 0.05) is 18.0 Å². The number of nitrogens with zero attached hydrogens (tertiary/aromatic N) is 3. The molecule has 0 aliphatic heterocycles. The third-order valence-corrected chi connectivity index (χ3v) is 4.72. The normalized spacial score (nSPS) is 11.2. The Morgan fingerprint density at radius 1 is 1.12 bits per heavy atom. The fourth-order valence-electron chi connectivity index (χ4n) is 2.79. The molecule has 0 radical (unpaired) electrons. The summed E-state index contributed by atoms with van der Waals surface area (Å²) >= 11 is 12.1. The maximum absolute atomic E-state index is 13.5. The van der Waals surface area contributed by atoms with E-state index in [-0.39, 0.29) is 52.5 Å². The summed E-state index contributed by atoms with van der Waals surface area (Å²) in [6, 6.07) is 7.41. The first-order valence-electron chi connectivity index (χ1n) is 9.87. The van der Waals surface area contributed by atoms with Crippen LogP contribution in [-0.2, 0) is 4.84 Å². The highest BCUT2D eigenvalue weighted by atomic mass is 35.5. The number of ether oxygens (including phenoxy) is 1. The minimum absolute atomic E-state index is 0.0738. The highest BCUT2D eigenvalue weighted by Gasteiger charge is 2.19. The van der Waals surface area contributed by atoms with Gasteiger partial charge in [-0.1, -0.05) is 28.4 Å². The van der Waals surface area contributed by atoms with Crippen LogP contribution in [0.15, 0.2) is 47.8 Å². The number of aromatic nitrogens is 2. The SMILES string of the molecule is CCO/N=C(/CNC(=O)c1nc(Nc2cc(F)cc(F)c2)ccc1OC)c1ncc(Cl)cc1Cl. The van der Waals surface area contributed by atoms with Gasteiger partial charge in [0.25, 0.3) is 5.91 Å². The van der Waals surface area contributed by atoms with E-state index >= 15 is 0 Å². The summed E-state index contributed by atoms with van der Waals surface area (Å²) in [6.07, 6.45) is 1.39. The fourth-order valence-corrected chi connectivity index (χ4v) is 3.28. The molecule has 0 fully saturated rings. The molecule has 0 unspecified atom stereocenters. The minimum Gasteiger partial charge on any atom is -0.494 e. The van der Waals surface area contributed by atoms with Crippen LogP contribution in [0.5, 0.6) is 5.75 Å². The molecule has 1 aromatic carbocycles. The van der Waals surface area contributed by atoms with Crippen molar-refractivity contribution in [3.8, 4) is 5.75 Å². The van der Waals surface area contributed by atoms with Crippen LogP contribution in [-0.4, -0.2) is 41.8 Å². The number of amides is 1. The number of hydrogen-bond acceptors (Lipinski definition) is 7. The third kappa shape index (κ3) is 6.52. The summed E-state index contributed by atoms with van der Waals surface area (Å²) in [6.45, 7) is 1.92. The van der Waals surface area contributed by atoms with E-state index in [4.69, 9.17) is 32.8 Å². The topological polar surface area (TPSA) is 97.7 Å². The predicted molar refractivity (Wildman–Crippen MR) is 125 cm³/mol. The van der Waals surface area contributed by atoms with Gasteiger partial charge >= 0.3 is 0 Å². The molecule has 34 heavy (non-hydrogen) atoms. The summed E-state index contributed by atoms with van der Waals surface area (Å²) < 4.78 is 32.2. The van der Waals surface area contributed by atoms with Crippen LogP contribution in [0.2, 0.25) is 10.0 Å². The van der Waals surface area contributed by atoms with Gasteiger partial charge in [0.1, 0.15) is 41.2 Å². The molecular weight excluding hydrogens is 491 g/mol. The van der Waals surface area contributed by atoms with Gasteiger partial charge < -0.3 is 20.2 Å². The highest BCUT2D eigenvalue weighted by molar-refractivity contribution is 6.36. The molecule has 0 atom stereocenters. The van der Waals surface area contributed by atoms with Crippen molar-refractivity contribution in [2.75, 3.05) is 25.6 Å². The number of carbonyl (C=O) groups excluding carboxylic acids is 1. The Kier molecular flexibility index (Phi) is 8.55. The molecule has 178 valence electrons. The first-order chi connectivity index (χ1) is 16.3. The molecule has 1 amide bonds. The zero-order chi connectivity index (χ0) is 24.7. The molecule has 2 aromatic heterocycles. The van der Waals surface area contributed by atoms with E-state index in [0.717, 1.165) is 18.2 Å². The average Bonchev–Trinajstić information content (AvgIpc) is 2.79. The molecule has 3 aromatic rings. The van der Waals surface area contributed by atoms with Crippen molar-refractivity contribution >= 4 is 46.3 Å². The lowest BCUT2D eigenvalue weighted by Crippen LogP contribution is -2.31. The number of oxime groups is 1. The quantitative estimate of drug-likeness (QED) is 0.311. The lowest BCUT2D eigenvalue weighted by atomic mass is 10.2. The van der Waals surface area contributed by atoms with Gasteiger partial charge in [0.15, 0.2) is 5.69 Å². The third-order valence-electron chi connectivity index (χ3n) is 4.23. The number of halogens is 4. The average molecular weight is 510 g/mol. The van der Waals surface area contributed by atoms with E-state index in [9.17, 15) is 13.6 Å². The van der Waals surface area contributed by atoms with Crippen LogP contribution in [0.4, 0.5) is 20.3 Å². The van der Waals surface area contributed by atoms with Crippen LogP contribution in [0.3, 0.4) is 0 Å². The monoisotopic (exact) mass is 509 g/mol. The van der Waals surface area contributed by atoms with Gasteiger partial charge in [-0.2, -0.15) is 0 Å². The summed E-state index contributed by atoms with van der Waals surface area (Å²) in [5.74, 6) is -1.78. The second-order valence-corrected chi connectivity index (χ2v) is 7.50. The van der Waals surface area contributed by atoms with Crippen molar-refractivity contribution in [3.63, 3.8) is 0 Å². The van der Waals surface area contributed by atoms with Gasteiger partial charge in [-0.05, 0) is 37.3 Å². The van der Waals surface area contributed by atoms with E-state index < -0.39 is 17.5 Å². The molecule has 0 bridgehead atoms. The van der Waals surface area contributed by atoms with Gasteiger partial charge in [-0.3, -0.25) is 9.78 Å². The number of hydrogen-bond donors (Lipinski definition) is 2. The second kappa shape index (κ2) is 11.6. The molecule has 3 rings (SSSR count). The van der Waals surface area contributed by atoms with Gasteiger partial charge in [0.2, 0.25) is 0 Å². The van der Waals surface area contributed by atoms with Crippen LogP contribution >= 0.6 is 23.2 Å². The van der Waals surface area contributed by atoms with Crippen molar-refractivity contribution in [2.24, 2.45) is 5.16 Å². The van der Waals surface area contributed by atoms with Crippen LogP contribution in [0.1, 0.15) is 23.1 Å². The molecule has 12 heteroatoms. The molecule has 8 nitrogen and oxygen atoms in total. The van der Waals surface area contributed by atoms with Crippen molar-refractivity contribution < 1.29 is 23.1 Å². The number of nitrogens with one attached hydrogen (secondary N) is 2. The maximum atomic E-state index is 13.5. The molecule has 2 heterocycles. The predicted octanol–water partition coefficient (Wildman–Crippen LogP) is 4.98. The Morgan fingerprint density at radius 2 is 1.85 bits per heavy atom. The number of carbonyl (C=O) groups is 1. The van der Waals surface area contributed by atoms with Crippen molar-refractivity contribution in [3.05, 3.63) is 75.7 Å². The number of pyridine rings is 2. The number of methoxy groups -OCH3 is 1. The summed E-state index contributed by atoms with van der Waals surface area (Å²) in [7, 11) is 1.38. The van der Waals surface area contributed by atoms with Crippen molar-refractivity contribution in [2.45, 2.75) is 6.92 Å². The van der Waals surface area contributed by atoms with E-state index in [1.54, 1.807) is 6.92 Å².